The van der Waals surface area contributed by atoms with Crippen LogP contribution in [0.25, 0.3) is 0 Å². The van der Waals surface area contributed by atoms with E-state index in [1.807, 2.05) is 0 Å². The van der Waals surface area contributed by atoms with Crippen LogP contribution >= 0.6 is 0 Å². The molecule has 0 fully saturated rings. The molecular formula is C14H13NO6. The summed E-state index contributed by atoms with van der Waals surface area (Å²) in [5.41, 5.74) is 0.681. The molecule has 0 bridgehead atoms. The van der Waals surface area contributed by atoms with Gasteiger partial charge in [-0.2, -0.15) is 0 Å². The largest absolute Gasteiger partial charge is 0.504 e. The lowest BCUT2D eigenvalue weighted by atomic mass is 10.0. The molecule has 0 aliphatic carbocycles. The van der Waals surface area contributed by atoms with Gasteiger partial charge in [0.05, 0.1) is 11.8 Å². The van der Waals surface area contributed by atoms with Gasteiger partial charge >= 0.3 is 5.97 Å². The molecule has 0 spiro atoms. The number of phenols is 2. The monoisotopic (exact) mass is 291 g/mol. The van der Waals surface area contributed by atoms with Crippen molar-refractivity contribution in [2.45, 2.75) is 12.5 Å². The fourth-order valence-electron chi connectivity index (χ4n) is 1.77. The first-order valence-corrected chi connectivity index (χ1v) is 6.04. The molecule has 2 aromatic rings. The van der Waals surface area contributed by atoms with Gasteiger partial charge in [-0.25, -0.2) is 4.79 Å². The molecule has 1 aromatic heterocycles. The minimum absolute atomic E-state index is 0.0350. The average Bonchev–Trinajstić information content (AvgIpc) is 2.96. The van der Waals surface area contributed by atoms with Gasteiger partial charge in [0.25, 0.3) is 5.91 Å². The summed E-state index contributed by atoms with van der Waals surface area (Å²) in [6, 6.07) is 4.21. The maximum absolute atomic E-state index is 11.8. The van der Waals surface area contributed by atoms with Crippen LogP contribution < -0.4 is 5.32 Å². The van der Waals surface area contributed by atoms with Gasteiger partial charge in [0.2, 0.25) is 0 Å². The standard InChI is InChI=1S/C14H13NO6/c16-11-2-1-8(6-12(11)17)5-10(14(19)20)15-13(18)9-3-4-21-7-9/h1-4,6-7,10,16-17H,5H2,(H,15,18)(H,19,20)/t10-/m0/s1. The highest BCUT2D eigenvalue weighted by molar-refractivity contribution is 5.96. The van der Waals surface area contributed by atoms with Crippen molar-refractivity contribution in [2.24, 2.45) is 0 Å². The lowest BCUT2D eigenvalue weighted by Gasteiger charge is -2.14. The number of furan rings is 1. The lowest BCUT2D eigenvalue weighted by Crippen LogP contribution is -2.42. The van der Waals surface area contributed by atoms with Crippen LogP contribution in [-0.2, 0) is 11.2 Å². The summed E-state index contributed by atoms with van der Waals surface area (Å²) in [4.78, 5) is 23.0. The van der Waals surface area contributed by atoms with E-state index in [1.165, 1.54) is 36.8 Å². The van der Waals surface area contributed by atoms with E-state index < -0.39 is 17.9 Å². The van der Waals surface area contributed by atoms with Crippen molar-refractivity contribution in [1.29, 1.82) is 0 Å². The average molecular weight is 291 g/mol. The summed E-state index contributed by atoms with van der Waals surface area (Å²) < 4.78 is 4.76. The van der Waals surface area contributed by atoms with Crippen LogP contribution in [0.2, 0.25) is 0 Å². The fraction of sp³-hybridized carbons (Fsp3) is 0.143. The summed E-state index contributed by atoms with van der Waals surface area (Å²) >= 11 is 0. The Morgan fingerprint density at radius 2 is 1.95 bits per heavy atom. The Hall–Kier alpha value is -2.96. The SMILES string of the molecule is O=C(N[C@@H](Cc1ccc(O)c(O)c1)C(=O)O)c1ccoc1. The first-order valence-electron chi connectivity index (χ1n) is 6.04. The molecule has 21 heavy (non-hydrogen) atoms. The van der Waals surface area contributed by atoms with Crippen LogP contribution in [-0.4, -0.2) is 33.2 Å². The van der Waals surface area contributed by atoms with E-state index in [1.54, 1.807) is 0 Å². The number of amides is 1. The minimum atomic E-state index is -1.21. The number of nitrogens with one attached hydrogen (secondary N) is 1. The third-order valence-electron chi connectivity index (χ3n) is 2.87. The number of carbonyl (C=O) groups excluding carboxylic acids is 1. The molecule has 1 atom stereocenters. The topological polar surface area (TPSA) is 120 Å². The second-order valence-electron chi connectivity index (χ2n) is 4.40. The van der Waals surface area contributed by atoms with Crippen LogP contribution in [0, 0.1) is 0 Å². The van der Waals surface area contributed by atoms with Gasteiger partial charge in [0, 0.05) is 6.42 Å². The molecule has 2 rings (SSSR count). The number of carboxylic acid groups (broad SMARTS) is 1. The fourth-order valence-corrected chi connectivity index (χ4v) is 1.77. The van der Waals surface area contributed by atoms with Crippen molar-refractivity contribution >= 4 is 11.9 Å². The zero-order valence-electron chi connectivity index (χ0n) is 10.8. The second kappa shape index (κ2) is 6.00. The van der Waals surface area contributed by atoms with Crippen LogP contribution in [0.1, 0.15) is 15.9 Å². The molecule has 4 N–H and O–H groups in total. The predicted molar refractivity (Wildman–Crippen MR) is 71.1 cm³/mol. The maximum atomic E-state index is 11.8. The molecule has 7 nitrogen and oxygen atoms in total. The first kappa shape index (κ1) is 14.4. The zero-order chi connectivity index (χ0) is 15.4. The van der Waals surface area contributed by atoms with E-state index in [2.05, 4.69) is 5.32 Å². The highest BCUT2D eigenvalue weighted by Crippen LogP contribution is 2.25. The number of hydrogen-bond acceptors (Lipinski definition) is 5. The van der Waals surface area contributed by atoms with Crippen LogP contribution in [0.3, 0.4) is 0 Å². The summed E-state index contributed by atoms with van der Waals surface area (Å²) in [5, 5.41) is 30.1. The maximum Gasteiger partial charge on any atom is 0.326 e. The Kier molecular flexibility index (Phi) is 4.13. The van der Waals surface area contributed by atoms with Gasteiger partial charge in [0.1, 0.15) is 12.3 Å². The molecule has 1 aromatic carbocycles. The van der Waals surface area contributed by atoms with Gasteiger partial charge in [-0.3, -0.25) is 4.79 Å². The molecule has 0 radical (unpaired) electrons. The number of benzene rings is 1. The molecule has 0 saturated carbocycles. The van der Waals surface area contributed by atoms with Crippen LogP contribution in [0.15, 0.2) is 41.2 Å². The van der Waals surface area contributed by atoms with Gasteiger partial charge < -0.3 is 25.1 Å². The van der Waals surface area contributed by atoms with Crippen molar-refractivity contribution < 1.29 is 29.3 Å². The van der Waals surface area contributed by atoms with Gasteiger partial charge in [0.15, 0.2) is 11.5 Å². The van der Waals surface area contributed by atoms with E-state index in [0.29, 0.717) is 5.56 Å². The Bertz CT molecular complexity index is 649. The van der Waals surface area contributed by atoms with Crippen molar-refractivity contribution in [3.63, 3.8) is 0 Å². The summed E-state index contributed by atoms with van der Waals surface area (Å²) in [7, 11) is 0. The minimum Gasteiger partial charge on any atom is -0.504 e. The molecule has 7 heteroatoms. The third-order valence-corrected chi connectivity index (χ3v) is 2.87. The quantitative estimate of drug-likeness (QED) is 0.613. The van der Waals surface area contributed by atoms with E-state index in [9.17, 15) is 19.8 Å². The number of hydrogen-bond donors (Lipinski definition) is 4. The molecule has 0 aliphatic heterocycles. The molecule has 1 amide bonds. The molecule has 0 aliphatic rings. The summed E-state index contributed by atoms with van der Waals surface area (Å²) in [6.07, 6.45) is 2.48. The summed E-state index contributed by atoms with van der Waals surface area (Å²) in [6.45, 7) is 0. The van der Waals surface area contributed by atoms with Crippen molar-refractivity contribution in [3.05, 3.63) is 47.9 Å². The number of phenolic OH excluding ortho intramolecular Hbond substituents is 2. The normalized spacial score (nSPS) is 11.8. The molecule has 110 valence electrons. The molecular weight excluding hydrogens is 278 g/mol. The van der Waals surface area contributed by atoms with Crippen LogP contribution in [0.5, 0.6) is 11.5 Å². The Labute approximate surface area is 119 Å². The number of rotatable bonds is 5. The molecule has 0 unspecified atom stereocenters. The van der Waals surface area contributed by atoms with E-state index in [-0.39, 0.29) is 23.5 Å². The Morgan fingerprint density at radius 3 is 2.52 bits per heavy atom. The zero-order valence-corrected chi connectivity index (χ0v) is 10.8. The van der Waals surface area contributed by atoms with E-state index in [0.717, 1.165) is 0 Å². The molecule has 1 heterocycles. The van der Waals surface area contributed by atoms with Gasteiger partial charge in [-0.1, -0.05) is 6.07 Å². The summed E-state index contributed by atoms with van der Waals surface area (Å²) in [5.74, 6) is -2.43. The van der Waals surface area contributed by atoms with Crippen molar-refractivity contribution in [1.82, 2.24) is 5.32 Å². The number of aromatic hydroxyl groups is 2. The van der Waals surface area contributed by atoms with Crippen molar-refractivity contribution in [2.75, 3.05) is 0 Å². The highest BCUT2D eigenvalue weighted by atomic mass is 16.4. The molecule has 0 saturated heterocycles. The lowest BCUT2D eigenvalue weighted by molar-refractivity contribution is -0.139. The third kappa shape index (κ3) is 3.53. The highest BCUT2D eigenvalue weighted by Gasteiger charge is 2.22. The van der Waals surface area contributed by atoms with Crippen LogP contribution in [0.4, 0.5) is 0 Å². The second-order valence-corrected chi connectivity index (χ2v) is 4.40. The Balaban J connectivity index is 2.10. The van der Waals surface area contributed by atoms with Crippen molar-refractivity contribution in [3.8, 4) is 11.5 Å². The first-order chi connectivity index (χ1) is 9.97. The number of carbonyl (C=O) groups is 2. The number of aliphatic carboxylic acids is 1. The Morgan fingerprint density at radius 1 is 1.19 bits per heavy atom. The van der Waals surface area contributed by atoms with Gasteiger partial charge in [-0.15, -0.1) is 0 Å². The van der Waals surface area contributed by atoms with E-state index >= 15 is 0 Å². The van der Waals surface area contributed by atoms with E-state index in [4.69, 9.17) is 9.52 Å². The smallest absolute Gasteiger partial charge is 0.326 e. The van der Waals surface area contributed by atoms with Gasteiger partial charge in [-0.05, 0) is 23.8 Å². The predicted octanol–water partition coefficient (Wildman–Crippen LogP) is 1.12. The number of carboxylic acids is 1.